The zero-order valence-corrected chi connectivity index (χ0v) is 5.97. The lowest BCUT2D eigenvalue weighted by Gasteiger charge is -1.88. The van der Waals surface area contributed by atoms with Gasteiger partial charge in [-0.1, -0.05) is 6.58 Å². The monoisotopic (exact) mass is 137 g/mol. The van der Waals surface area contributed by atoms with E-state index in [4.69, 9.17) is 0 Å². The van der Waals surface area contributed by atoms with Crippen molar-refractivity contribution in [1.29, 1.82) is 0 Å². The molecule has 0 radical (unpaired) electrons. The summed E-state index contributed by atoms with van der Waals surface area (Å²) in [7, 11) is 0. The Balaban J connectivity index is 3.04. The Morgan fingerprint density at radius 3 is 2.90 bits per heavy atom. The zero-order valence-electron chi connectivity index (χ0n) is 5.97. The molecule has 0 unspecified atom stereocenters. The van der Waals surface area contributed by atoms with Crippen LogP contribution in [0.4, 0.5) is 0 Å². The summed E-state index contributed by atoms with van der Waals surface area (Å²) in [6, 6.07) is 0. The fourth-order valence-corrected chi connectivity index (χ4v) is 0.585. The van der Waals surface area contributed by atoms with Gasteiger partial charge in [-0.05, 0) is 25.3 Å². The van der Waals surface area contributed by atoms with Crippen LogP contribution >= 0.6 is 0 Å². The van der Waals surface area contributed by atoms with E-state index in [2.05, 4.69) is 17.3 Å². The number of rotatable bonds is 5. The number of hydrogen-bond donors (Lipinski definition) is 0. The molecule has 0 fully saturated rings. The molecule has 0 aromatic carbocycles. The summed E-state index contributed by atoms with van der Waals surface area (Å²) in [5.41, 5.74) is 2.68. The van der Waals surface area contributed by atoms with Gasteiger partial charge in [-0.15, -0.1) is 5.73 Å². The smallest absolute Gasteiger partial charge is 0.211 e. The number of allylic oxidation sites excluding steroid dienone is 1. The van der Waals surface area contributed by atoms with Crippen molar-refractivity contribution >= 4 is 6.08 Å². The quantitative estimate of drug-likeness (QED) is 0.246. The molecule has 0 aliphatic carbocycles. The minimum atomic E-state index is 0.592. The zero-order chi connectivity index (χ0) is 7.66. The van der Waals surface area contributed by atoms with Gasteiger partial charge in [-0.25, -0.2) is 9.79 Å². The van der Waals surface area contributed by atoms with Gasteiger partial charge < -0.3 is 0 Å². The molecule has 0 aromatic heterocycles. The van der Waals surface area contributed by atoms with Gasteiger partial charge in [0.05, 0.1) is 6.54 Å². The average Bonchev–Trinajstić information content (AvgIpc) is 1.97. The molecule has 0 atom stereocenters. The van der Waals surface area contributed by atoms with Crippen LogP contribution < -0.4 is 0 Å². The van der Waals surface area contributed by atoms with Crippen molar-refractivity contribution in [2.24, 2.45) is 4.99 Å². The van der Waals surface area contributed by atoms with Gasteiger partial charge in [0.15, 0.2) is 0 Å². The molecule has 0 amide bonds. The van der Waals surface area contributed by atoms with Crippen LogP contribution in [0.5, 0.6) is 0 Å². The Hall–Kier alpha value is -1.10. The number of isocyanates is 1. The van der Waals surface area contributed by atoms with Gasteiger partial charge in [0.1, 0.15) is 0 Å². The Morgan fingerprint density at radius 1 is 1.50 bits per heavy atom. The van der Waals surface area contributed by atoms with Crippen LogP contribution in [0.15, 0.2) is 23.4 Å². The summed E-state index contributed by atoms with van der Waals surface area (Å²) < 4.78 is 0. The first-order valence-corrected chi connectivity index (χ1v) is 3.29. The first-order chi connectivity index (χ1) is 4.91. The first-order valence-electron chi connectivity index (χ1n) is 3.29. The van der Waals surface area contributed by atoms with Gasteiger partial charge in [-0.3, -0.25) is 0 Å². The maximum Gasteiger partial charge on any atom is 0.234 e. The van der Waals surface area contributed by atoms with Crippen molar-refractivity contribution in [1.82, 2.24) is 0 Å². The van der Waals surface area contributed by atoms with Crippen LogP contribution in [0.2, 0.25) is 0 Å². The van der Waals surface area contributed by atoms with Gasteiger partial charge in [0.25, 0.3) is 0 Å². The maximum atomic E-state index is 9.57. The summed E-state index contributed by atoms with van der Waals surface area (Å²) in [4.78, 5) is 13.0. The third-order valence-electron chi connectivity index (χ3n) is 1.08. The van der Waals surface area contributed by atoms with E-state index in [1.165, 1.54) is 6.08 Å². The lowest BCUT2D eigenvalue weighted by atomic mass is 10.2. The fourth-order valence-electron chi connectivity index (χ4n) is 0.585. The molecular weight excluding hydrogens is 126 g/mol. The van der Waals surface area contributed by atoms with Gasteiger partial charge in [0, 0.05) is 0 Å². The Bertz CT molecular complexity index is 142. The van der Waals surface area contributed by atoms with E-state index in [1.807, 2.05) is 6.08 Å². The van der Waals surface area contributed by atoms with Crippen molar-refractivity contribution in [2.45, 2.75) is 19.3 Å². The minimum Gasteiger partial charge on any atom is -0.211 e. The number of unbranched alkanes of at least 4 members (excludes halogenated alkanes) is 2. The summed E-state index contributed by atoms with van der Waals surface area (Å²) >= 11 is 0. The second-order valence-electron chi connectivity index (χ2n) is 1.88. The van der Waals surface area contributed by atoms with Crippen molar-refractivity contribution in [3.63, 3.8) is 0 Å². The third-order valence-corrected chi connectivity index (χ3v) is 1.08. The summed E-state index contributed by atoms with van der Waals surface area (Å²) in [5.74, 6) is 0. The molecule has 0 saturated carbocycles. The van der Waals surface area contributed by atoms with Gasteiger partial charge >= 0.3 is 0 Å². The molecule has 0 aliphatic rings. The average molecular weight is 137 g/mol. The molecule has 0 bridgehead atoms. The molecule has 0 spiro atoms. The van der Waals surface area contributed by atoms with E-state index in [0.29, 0.717) is 6.54 Å². The Kier molecular flexibility index (Phi) is 7.03. The van der Waals surface area contributed by atoms with Crippen LogP contribution in [-0.4, -0.2) is 12.6 Å². The van der Waals surface area contributed by atoms with Gasteiger partial charge in [0.2, 0.25) is 6.08 Å². The minimum absolute atomic E-state index is 0.592. The van der Waals surface area contributed by atoms with Crippen LogP contribution in [0.25, 0.3) is 0 Å². The van der Waals surface area contributed by atoms with Crippen molar-refractivity contribution in [3.8, 4) is 0 Å². The van der Waals surface area contributed by atoms with E-state index in [1.54, 1.807) is 0 Å². The molecule has 0 heterocycles. The molecule has 0 saturated heterocycles. The highest BCUT2D eigenvalue weighted by atomic mass is 16.1. The van der Waals surface area contributed by atoms with Crippen molar-refractivity contribution in [3.05, 3.63) is 18.4 Å². The van der Waals surface area contributed by atoms with Crippen molar-refractivity contribution < 1.29 is 4.79 Å². The number of aliphatic imine (C=N–C) groups is 1. The summed E-state index contributed by atoms with van der Waals surface area (Å²) in [6.45, 7) is 4.02. The lowest BCUT2D eigenvalue weighted by molar-refractivity contribution is 0.562. The number of carbonyl (C=O) groups excluding carboxylic acids is 1. The maximum absolute atomic E-state index is 9.57. The van der Waals surface area contributed by atoms with Crippen molar-refractivity contribution in [2.75, 3.05) is 6.54 Å². The predicted molar refractivity (Wildman–Crippen MR) is 40.5 cm³/mol. The first kappa shape index (κ1) is 8.90. The molecule has 54 valence electrons. The van der Waals surface area contributed by atoms with Gasteiger partial charge in [-0.2, -0.15) is 0 Å². The van der Waals surface area contributed by atoms with E-state index in [9.17, 15) is 4.79 Å². The van der Waals surface area contributed by atoms with Crippen LogP contribution in [0, 0.1) is 0 Å². The highest BCUT2D eigenvalue weighted by Crippen LogP contribution is 1.94. The molecule has 2 nitrogen and oxygen atoms in total. The second kappa shape index (κ2) is 7.90. The lowest BCUT2D eigenvalue weighted by Crippen LogP contribution is -1.78. The van der Waals surface area contributed by atoms with Crippen LogP contribution in [-0.2, 0) is 4.79 Å². The normalized spacial score (nSPS) is 7.60. The van der Waals surface area contributed by atoms with Crippen LogP contribution in [0.1, 0.15) is 19.3 Å². The predicted octanol–water partition coefficient (Wildman–Crippen LogP) is 1.83. The third kappa shape index (κ3) is 6.90. The number of nitrogens with zero attached hydrogens (tertiary/aromatic N) is 1. The van der Waals surface area contributed by atoms with E-state index in [-0.39, 0.29) is 0 Å². The largest absolute Gasteiger partial charge is 0.234 e. The topological polar surface area (TPSA) is 29.4 Å². The molecule has 0 rings (SSSR count). The Labute approximate surface area is 61.0 Å². The highest BCUT2D eigenvalue weighted by Gasteiger charge is 1.82. The standard InChI is InChI=1S/C8H11NO/c1-2-3-4-5-6-7-9-8-10/h3H,1,4-7H2. The highest BCUT2D eigenvalue weighted by molar-refractivity contribution is 5.32. The SMILES string of the molecule is C=C=CCCCCN=C=O. The molecule has 10 heavy (non-hydrogen) atoms. The van der Waals surface area contributed by atoms with E-state index < -0.39 is 0 Å². The number of hydrogen-bond acceptors (Lipinski definition) is 2. The van der Waals surface area contributed by atoms with E-state index in [0.717, 1.165) is 19.3 Å². The molecule has 0 aromatic rings. The fraction of sp³-hybridized carbons (Fsp3) is 0.500. The summed E-state index contributed by atoms with van der Waals surface area (Å²) in [5, 5.41) is 0. The summed E-state index contributed by atoms with van der Waals surface area (Å²) in [6.07, 6.45) is 6.32. The molecule has 2 heteroatoms. The van der Waals surface area contributed by atoms with E-state index >= 15 is 0 Å². The molecular formula is C8H11NO. The van der Waals surface area contributed by atoms with Crippen LogP contribution in [0.3, 0.4) is 0 Å². The molecule has 0 N–H and O–H groups in total. The Morgan fingerprint density at radius 2 is 2.30 bits per heavy atom. The second-order valence-corrected chi connectivity index (χ2v) is 1.88. The molecule has 0 aliphatic heterocycles.